The third-order valence-electron chi connectivity index (χ3n) is 5.46. The molecule has 0 saturated heterocycles. The van der Waals surface area contributed by atoms with Gasteiger partial charge in [-0.25, -0.2) is 0 Å². The molecule has 0 saturated carbocycles. The molecule has 5 nitrogen and oxygen atoms in total. The second kappa shape index (κ2) is 7.50. The van der Waals surface area contributed by atoms with E-state index < -0.39 is 0 Å². The molecule has 0 atom stereocenters. The predicted octanol–water partition coefficient (Wildman–Crippen LogP) is 3.50. The third-order valence-corrected chi connectivity index (χ3v) is 5.46. The van der Waals surface area contributed by atoms with E-state index in [1.165, 1.54) is 16.7 Å². The van der Waals surface area contributed by atoms with E-state index in [9.17, 15) is 4.79 Å². The van der Waals surface area contributed by atoms with Crippen LogP contribution in [0.1, 0.15) is 28.1 Å². The summed E-state index contributed by atoms with van der Waals surface area (Å²) < 4.78 is 7.40. The van der Waals surface area contributed by atoms with Crippen molar-refractivity contribution in [2.45, 2.75) is 33.2 Å². The van der Waals surface area contributed by atoms with Crippen LogP contribution in [0.2, 0.25) is 0 Å². The number of nitrogens with zero attached hydrogens (tertiary/aromatic N) is 2. The summed E-state index contributed by atoms with van der Waals surface area (Å²) in [6, 6.07) is 14.7. The molecule has 0 bridgehead atoms. The zero-order chi connectivity index (χ0) is 19.7. The van der Waals surface area contributed by atoms with E-state index in [0.29, 0.717) is 13.0 Å². The number of ether oxygens (including phenoxy) is 1. The van der Waals surface area contributed by atoms with Crippen LogP contribution in [0, 0.1) is 13.8 Å². The van der Waals surface area contributed by atoms with Gasteiger partial charge in [-0.3, -0.25) is 9.48 Å². The third kappa shape index (κ3) is 3.65. The van der Waals surface area contributed by atoms with Crippen molar-refractivity contribution < 1.29 is 9.53 Å². The first-order chi connectivity index (χ1) is 13.5. The van der Waals surface area contributed by atoms with E-state index in [-0.39, 0.29) is 5.91 Å². The highest BCUT2D eigenvalue weighted by atomic mass is 16.5. The Labute approximate surface area is 165 Å². The molecule has 1 aliphatic heterocycles. The minimum atomic E-state index is 0.0156. The van der Waals surface area contributed by atoms with Crippen molar-refractivity contribution in [3.8, 4) is 16.9 Å². The smallest absolute Gasteiger partial charge is 0.224 e. The van der Waals surface area contributed by atoms with Crippen LogP contribution in [0.15, 0.2) is 42.5 Å². The average Bonchev–Trinajstić information content (AvgIpc) is 3.26. The molecule has 2 heterocycles. The van der Waals surface area contributed by atoms with E-state index in [4.69, 9.17) is 4.74 Å². The Morgan fingerprint density at radius 2 is 1.89 bits per heavy atom. The zero-order valence-corrected chi connectivity index (χ0v) is 16.6. The summed E-state index contributed by atoms with van der Waals surface area (Å²) in [6.45, 7) is 5.23. The lowest BCUT2D eigenvalue weighted by atomic mass is 10.0. The number of hydrogen-bond donors (Lipinski definition) is 1. The van der Waals surface area contributed by atoms with Gasteiger partial charge in [-0.1, -0.05) is 30.3 Å². The normalized spacial score (nSPS) is 12.5. The van der Waals surface area contributed by atoms with E-state index in [0.717, 1.165) is 41.3 Å². The van der Waals surface area contributed by atoms with Gasteiger partial charge < -0.3 is 10.1 Å². The number of carbonyl (C=O) groups is 1. The van der Waals surface area contributed by atoms with Crippen LogP contribution in [0.25, 0.3) is 11.1 Å². The summed E-state index contributed by atoms with van der Waals surface area (Å²) in [7, 11) is 1.90. The lowest BCUT2D eigenvalue weighted by molar-refractivity contribution is -0.120. The maximum absolute atomic E-state index is 12.3. The van der Waals surface area contributed by atoms with Crippen molar-refractivity contribution in [3.05, 3.63) is 70.5 Å². The highest BCUT2D eigenvalue weighted by Gasteiger charge is 2.14. The maximum Gasteiger partial charge on any atom is 0.224 e. The first-order valence-electron chi connectivity index (χ1n) is 9.62. The van der Waals surface area contributed by atoms with Crippen LogP contribution in [-0.2, 0) is 31.2 Å². The Bertz CT molecular complexity index is 1020. The molecule has 0 spiro atoms. The number of aromatic nitrogens is 2. The topological polar surface area (TPSA) is 56.2 Å². The van der Waals surface area contributed by atoms with Crippen molar-refractivity contribution in [2.75, 3.05) is 6.61 Å². The molecule has 5 heteroatoms. The van der Waals surface area contributed by atoms with Gasteiger partial charge in [0.15, 0.2) is 0 Å². The number of fused-ring (bicyclic) bond motifs is 1. The van der Waals surface area contributed by atoms with Crippen LogP contribution in [0.5, 0.6) is 5.75 Å². The standard InChI is InChI=1S/C23H25N3O2/c1-15-21(16(2)26(3)25-15)13-23(27)24-14-17-4-6-18(7-5-17)19-8-9-22-20(12-19)10-11-28-22/h4-9,12H,10-11,13-14H2,1-3H3,(H,24,27). The summed E-state index contributed by atoms with van der Waals surface area (Å²) in [5.74, 6) is 1.02. The molecule has 1 aliphatic rings. The molecule has 0 radical (unpaired) electrons. The van der Waals surface area contributed by atoms with Crippen molar-refractivity contribution in [3.63, 3.8) is 0 Å². The summed E-state index contributed by atoms with van der Waals surface area (Å²) in [6.07, 6.45) is 1.34. The largest absolute Gasteiger partial charge is 0.493 e. The molecular weight excluding hydrogens is 350 g/mol. The monoisotopic (exact) mass is 375 g/mol. The Balaban J connectivity index is 1.37. The fraction of sp³-hybridized carbons (Fsp3) is 0.304. The second-order valence-electron chi connectivity index (χ2n) is 7.34. The Kier molecular flexibility index (Phi) is 4.90. The molecule has 0 aliphatic carbocycles. The molecular formula is C23H25N3O2. The first kappa shape index (κ1) is 18.3. The molecule has 4 rings (SSSR count). The van der Waals surface area contributed by atoms with Crippen LogP contribution in [0.3, 0.4) is 0 Å². The summed E-state index contributed by atoms with van der Waals surface area (Å²) >= 11 is 0. The van der Waals surface area contributed by atoms with E-state index in [1.807, 2.05) is 31.6 Å². The Morgan fingerprint density at radius 1 is 1.14 bits per heavy atom. The number of rotatable bonds is 5. The van der Waals surface area contributed by atoms with Gasteiger partial charge in [-0.05, 0) is 48.2 Å². The van der Waals surface area contributed by atoms with Gasteiger partial charge in [-0.15, -0.1) is 0 Å². The van der Waals surface area contributed by atoms with Crippen LogP contribution >= 0.6 is 0 Å². The molecule has 2 aromatic carbocycles. The fourth-order valence-corrected chi connectivity index (χ4v) is 3.68. The van der Waals surface area contributed by atoms with E-state index >= 15 is 0 Å². The average molecular weight is 375 g/mol. The minimum Gasteiger partial charge on any atom is -0.493 e. The van der Waals surface area contributed by atoms with Crippen molar-refractivity contribution >= 4 is 5.91 Å². The van der Waals surface area contributed by atoms with Gasteiger partial charge in [0.1, 0.15) is 5.75 Å². The number of aryl methyl sites for hydroxylation is 2. The van der Waals surface area contributed by atoms with Gasteiger partial charge in [-0.2, -0.15) is 5.10 Å². The number of carbonyl (C=O) groups excluding carboxylic acids is 1. The lowest BCUT2D eigenvalue weighted by Gasteiger charge is -2.08. The molecule has 0 unspecified atom stereocenters. The molecule has 0 fully saturated rings. The van der Waals surface area contributed by atoms with Crippen LogP contribution in [0.4, 0.5) is 0 Å². The summed E-state index contributed by atoms with van der Waals surface area (Å²) in [4.78, 5) is 12.3. The molecule has 28 heavy (non-hydrogen) atoms. The SMILES string of the molecule is Cc1nn(C)c(C)c1CC(=O)NCc1ccc(-c2ccc3c(c2)CCO3)cc1. The van der Waals surface area contributed by atoms with E-state index in [2.05, 4.69) is 46.8 Å². The van der Waals surface area contributed by atoms with Gasteiger partial charge in [0.25, 0.3) is 0 Å². The van der Waals surface area contributed by atoms with E-state index in [1.54, 1.807) is 0 Å². The molecule has 144 valence electrons. The molecule has 1 N–H and O–H groups in total. The van der Waals surface area contributed by atoms with Crippen molar-refractivity contribution in [1.29, 1.82) is 0 Å². The lowest BCUT2D eigenvalue weighted by Crippen LogP contribution is -2.25. The molecule has 1 aromatic heterocycles. The number of benzene rings is 2. The maximum atomic E-state index is 12.3. The predicted molar refractivity (Wildman–Crippen MR) is 109 cm³/mol. The van der Waals surface area contributed by atoms with Crippen LogP contribution in [-0.4, -0.2) is 22.3 Å². The van der Waals surface area contributed by atoms with Crippen LogP contribution < -0.4 is 10.1 Å². The summed E-state index contributed by atoms with van der Waals surface area (Å²) in [5, 5.41) is 7.38. The zero-order valence-electron chi connectivity index (χ0n) is 16.6. The number of nitrogens with one attached hydrogen (secondary N) is 1. The quantitative estimate of drug-likeness (QED) is 0.743. The van der Waals surface area contributed by atoms with Gasteiger partial charge in [0, 0.05) is 31.3 Å². The van der Waals surface area contributed by atoms with Gasteiger partial charge >= 0.3 is 0 Å². The van der Waals surface area contributed by atoms with Crippen molar-refractivity contribution in [1.82, 2.24) is 15.1 Å². The Hall–Kier alpha value is -3.08. The van der Waals surface area contributed by atoms with Gasteiger partial charge in [0.05, 0.1) is 18.7 Å². The number of hydrogen-bond acceptors (Lipinski definition) is 3. The fourth-order valence-electron chi connectivity index (χ4n) is 3.68. The minimum absolute atomic E-state index is 0.0156. The first-order valence-corrected chi connectivity index (χ1v) is 9.62. The van der Waals surface area contributed by atoms with Crippen molar-refractivity contribution in [2.24, 2.45) is 7.05 Å². The number of amides is 1. The Morgan fingerprint density at radius 3 is 2.61 bits per heavy atom. The molecule has 1 amide bonds. The summed E-state index contributed by atoms with van der Waals surface area (Å²) in [5.41, 5.74) is 7.69. The molecule has 3 aromatic rings. The highest BCUT2D eigenvalue weighted by molar-refractivity contribution is 5.79. The second-order valence-corrected chi connectivity index (χ2v) is 7.34. The highest BCUT2D eigenvalue weighted by Crippen LogP contribution is 2.30. The van der Waals surface area contributed by atoms with Gasteiger partial charge in [0.2, 0.25) is 5.91 Å².